The Labute approximate surface area is 157 Å². The molecule has 1 aliphatic rings. The predicted molar refractivity (Wildman–Crippen MR) is 95.3 cm³/mol. The summed E-state index contributed by atoms with van der Waals surface area (Å²) in [7, 11) is 0. The highest BCUT2D eigenvalue weighted by molar-refractivity contribution is 5.95. The van der Waals surface area contributed by atoms with E-state index in [-0.39, 0.29) is 25.1 Å². The number of aromatic nitrogens is 2. The van der Waals surface area contributed by atoms with Gasteiger partial charge in [0.25, 0.3) is 5.91 Å². The van der Waals surface area contributed by atoms with E-state index in [9.17, 15) is 14.7 Å². The molecule has 1 N–H and O–H groups in total. The number of aryl methyl sites for hydroxylation is 1. The van der Waals surface area contributed by atoms with E-state index in [1.54, 1.807) is 29.2 Å². The van der Waals surface area contributed by atoms with Gasteiger partial charge in [-0.3, -0.25) is 9.59 Å². The molecule has 8 nitrogen and oxygen atoms in total. The van der Waals surface area contributed by atoms with Crippen LogP contribution >= 0.6 is 0 Å². The fourth-order valence-electron chi connectivity index (χ4n) is 3.09. The lowest BCUT2D eigenvalue weighted by atomic mass is 9.93. The molecular weight excluding hydrogens is 350 g/mol. The second-order valence-corrected chi connectivity index (χ2v) is 6.69. The quantitative estimate of drug-likeness (QED) is 0.829. The SMILES string of the molecule is CCc1nc(COc2ccc(C(=O)N3CC(C(=O)O)CCC3C)cc2)no1. The molecule has 27 heavy (non-hydrogen) atoms. The summed E-state index contributed by atoms with van der Waals surface area (Å²) in [5.74, 6) is 0.0980. The van der Waals surface area contributed by atoms with Crippen LogP contribution in [0.4, 0.5) is 0 Å². The van der Waals surface area contributed by atoms with Crippen molar-refractivity contribution in [3.63, 3.8) is 0 Å². The molecular formula is C19H23N3O5. The van der Waals surface area contributed by atoms with Crippen LogP contribution in [0.15, 0.2) is 28.8 Å². The summed E-state index contributed by atoms with van der Waals surface area (Å²) in [6.45, 7) is 4.30. The maximum absolute atomic E-state index is 12.8. The molecule has 2 heterocycles. The minimum atomic E-state index is -0.851. The molecule has 8 heteroatoms. The van der Waals surface area contributed by atoms with E-state index in [0.29, 0.717) is 42.3 Å². The topological polar surface area (TPSA) is 106 Å². The Morgan fingerprint density at radius 3 is 2.67 bits per heavy atom. The second-order valence-electron chi connectivity index (χ2n) is 6.69. The van der Waals surface area contributed by atoms with Gasteiger partial charge in [-0.05, 0) is 44.0 Å². The Balaban J connectivity index is 1.61. The van der Waals surface area contributed by atoms with E-state index < -0.39 is 11.9 Å². The van der Waals surface area contributed by atoms with Gasteiger partial charge >= 0.3 is 5.97 Å². The maximum Gasteiger partial charge on any atom is 0.308 e. The standard InChI is InChI=1S/C19H23N3O5/c1-3-17-20-16(21-27-17)11-26-15-8-6-13(7-9-15)18(23)22-10-14(19(24)25)5-4-12(22)2/h6-9,12,14H,3-5,10-11H2,1-2H3,(H,24,25). The van der Waals surface area contributed by atoms with Crippen LogP contribution in [0.5, 0.6) is 5.75 Å². The molecule has 1 aromatic carbocycles. The van der Waals surface area contributed by atoms with Crippen LogP contribution in [0.1, 0.15) is 48.8 Å². The highest BCUT2D eigenvalue weighted by atomic mass is 16.5. The highest BCUT2D eigenvalue weighted by Gasteiger charge is 2.32. The van der Waals surface area contributed by atoms with Gasteiger partial charge in [0.2, 0.25) is 11.7 Å². The summed E-state index contributed by atoms with van der Waals surface area (Å²) < 4.78 is 10.6. The molecule has 144 valence electrons. The van der Waals surface area contributed by atoms with E-state index in [4.69, 9.17) is 9.26 Å². The molecule has 0 spiro atoms. The number of piperidine rings is 1. The number of nitrogens with zero attached hydrogens (tertiary/aromatic N) is 3. The van der Waals surface area contributed by atoms with Crippen molar-refractivity contribution in [2.24, 2.45) is 5.92 Å². The molecule has 1 amide bonds. The van der Waals surface area contributed by atoms with Crippen molar-refractivity contribution in [2.45, 2.75) is 45.8 Å². The maximum atomic E-state index is 12.8. The first-order chi connectivity index (χ1) is 13.0. The number of benzene rings is 1. The largest absolute Gasteiger partial charge is 0.485 e. The van der Waals surface area contributed by atoms with Crippen molar-refractivity contribution in [3.05, 3.63) is 41.5 Å². The van der Waals surface area contributed by atoms with Crippen molar-refractivity contribution >= 4 is 11.9 Å². The fourth-order valence-corrected chi connectivity index (χ4v) is 3.09. The number of aliphatic carboxylic acids is 1. The number of amides is 1. The first-order valence-electron chi connectivity index (χ1n) is 9.06. The average Bonchev–Trinajstić information content (AvgIpc) is 3.14. The first kappa shape index (κ1) is 18.9. The number of ether oxygens (including phenoxy) is 1. The van der Waals surface area contributed by atoms with E-state index in [1.807, 2.05) is 13.8 Å². The molecule has 1 aliphatic heterocycles. The van der Waals surface area contributed by atoms with Crippen molar-refractivity contribution in [2.75, 3.05) is 6.54 Å². The van der Waals surface area contributed by atoms with Crippen LogP contribution in [0.25, 0.3) is 0 Å². The van der Waals surface area contributed by atoms with Crippen molar-refractivity contribution in [3.8, 4) is 5.75 Å². The molecule has 1 fully saturated rings. The summed E-state index contributed by atoms with van der Waals surface area (Å²) in [5.41, 5.74) is 0.507. The fraction of sp³-hybridized carbons (Fsp3) is 0.474. The molecule has 0 saturated carbocycles. The smallest absolute Gasteiger partial charge is 0.308 e. The Hall–Kier alpha value is -2.90. The number of carboxylic acids is 1. The van der Waals surface area contributed by atoms with Gasteiger partial charge in [0.1, 0.15) is 5.75 Å². The summed E-state index contributed by atoms with van der Waals surface area (Å²) >= 11 is 0. The Morgan fingerprint density at radius 1 is 1.30 bits per heavy atom. The van der Waals surface area contributed by atoms with Crippen LogP contribution in [-0.4, -0.2) is 44.6 Å². The van der Waals surface area contributed by atoms with Gasteiger partial charge < -0.3 is 19.3 Å². The average molecular weight is 373 g/mol. The molecule has 1 aromatic heterocycles. The summed E-state index contributed by atoms with van der Waals surface area (Å²) in [6, 6.07) is 6.80. The number of hydrogen-bond acceptors (Lipinski definition) is 6. The van der Waals surface area contributed by atoms with Gasteiger partial charge in [-0.2, -0.15) is 4.98 Å². The summed E-state index contributed by atoms with van der Waals surface area (Å²) in [4.78, 5) is 29.8. The van der Waals surface area contributed by atoms with Gasteiger partial charge in [0, 0.05) is 24.6 Å². The van der Waals surface area contributed by atoms with E-state index in [1.165, 1.54) is 0 Å². The second kappa shape index (κ2) is 8.20. The van der Waals surface area contributed by atoms with Crippen molar-refractivity contribution in [1.82, 2.24) is 15.0 Å². The normalized spacial score (nSPS) is 19.7. The van der Waals surface area contributed by atoms with Gasteiger partial charge in [-0.25, -0.2) is 0 Å². The number of carbonyl (C=O) groups excluding carboxylic acids is 1. The Bertz CT molecular complexity index is 802. The van der Waals surface area contributed by atoms with Gasteiger partial charge in [0.05, 0.1) is 5.92 Å². The van der Waals surface area contributed by atoms with Crippen LogP contribution < -0.4 is 4.74 Å². The van der Waals surface area contributed by atoms with E-state index in [0.717, 1.165) is 0 Å². The van der Waals surface area contributed by atoms with Gasteiger partial charge in [-0.15, -0.1) is 0 Å². The number of hydrogen-bond donors (Lipinski definition) is 1. The van der Waals surface area contributed by atoms with E-state index in [2.05, 4.69) is 10.1 Å². The van der Waals surface area contributed by atoms with Crippen LogP contribution in [-0.2, 0) is 17.8 Å². The summed E-state index contributed by atoms with van der Waals surface area (Å²) in [5, 5.41) is 13.0. The van der Waals surface area contributed by atoms with Gasteiger partial charge in [-0.1, -0.05) is 12.1 Å². The molecule has 3 rings (SSSR count). The molecule has 2 atom stereocenters. The van der Waals surface area contributed by atoms with Crippen LogP contribution in [0.3, 0.4) is 0 Å². The lowest BCUT2D eigenvalue weighted by Crippen LogP contribution is -2.47. The summed E-state index contributed by atoms with van der Waals surface area (Å²) in [6.07, 6.45) is 1.96. The number of rotatable bonds is 6. The third-order valence-electron chi connectivity index (χ3n) is 4.77. The zero-order chi connectivity index (χ0) is 19.4. The lowest BCUT2D eigenvalue weighted by Gasteiger charge is -2.36. The molecule has 2 aromatic rings. The molecule has 0 bridgehead atoms. The minimum absolute atomic E-state index is 0.0232. The lowest BCUT2D eigenvalue weighted by molar-refractivity contribution is -0.143. The van der Waals surface area contributed by atoms with E-state index >= 15 is 0 Å². The highest BCUT2D eigenvalue weighted by Crippen LogP contribution is 2.24. The predicted octanol–water partition coefficient (Wildman–Crippen LogP) is 2.54. The molecule has 0 aliphatic carbocycles. The minimum Gasteiger partial charge on any atom is -0.485 e. The number of carbonyl (C=O) groups is 2. The zero-order valence-electron chi connectivity index (χ0n) is 15.4. The third-order valence-corrected chi connectivity index (χ3v) is 4.77. The zero-order valence-corrected chi connectivity index (χ0v) is 15.4. The molecule has 0 radical (unpaired) electrons. The number of likely N-dealkylation sites (tertiary alicyclic amines) is 1. The van der Waals surface area contributed by atoms with Crippen LogP contribution in [0, 0.1) is 5.92 Å². The van der Waals surface area contributed by atoms with Crippen molar-refractivity contribution < 1.29 is 24.0 Å². The molecule has 2 unspecified atom stereocenters. The first-order valence-corrected chi connectivity index (χ1v) is 9.06. The van der Waals surface area contributed by atoms with Crippen molar-refractivity contribution in [1.29, 1.82) is 0 Å². The third kappa shape index (κ3) is 4.45. The van der Waals surface area contributed by atoms with Crippen LogP contribution in [0.2, 0.25) is 0 Å². The number of carboxylic acid groups (broad SMARTS) is 1. The molecule has 1 saturated heterocycles. The Kier molecular flexibility index (Phi) is 5.73. The monoisotopic (exact) mass is 373 g/mol. The van der Waals surface area contributed by atoms with Gasteiger partial charge in [0.15, 0.2) is 6.61 Å². The Morgan fingerprint density at radius 2 is 2.04 bits per heavy atom.